The number of hydrogen-bond donors (Lipinski definition) is 3. The highest BCUT2D eigenvalue weighted by molar-refractivity contribution is 5.77. The van der Waals surface area contributed by atoms with Gasteiger partial charge in [0.15, 0.2) is 0 Å². The molecule has 0 aliphatic heterocycles. The number of rotatable bonds is 50. The molecule has 0 aromatic carbocycles. The second kappa shape index (κ2) is 50.3. The largest absolute Gasteiger partial charge is 0.462 e. The number of hydrogen-bond acceptors (Lipinski definition) is 5. The van der Waals surface area contributed by atoms with Crippen molar-refractivity contribution in [2.45, 2.75) is 315 Å². The molecule has 0 radical (unpaired) electrons. The Bertz CT molecular complexity index is 981. The fraction of sp³-hybridized carbons (Fsp3) is 0.893. The van der Waals surface area contributed by atoms with Crippen molar-refractivity contribution in [3.05, 3.63) is 24.3 Å². The van der Waals surface area contributed by atoms with Crippen LogP contribution in [0.2, 0.25) is 0 Å². The Kier molecular flexibility index (Phi) is 49.0. The summed E-state index contributed by atoms with van der Waals surface area (Å²) in [7, 11) is 0. The standard InChI is InChI=1S/C56H107NO5/c1-4-7-10-13-16-19-22-25-28-31-34-37-40-43-46-49-56(61)62-52(47-44-41-38-35-32-29-26-23-20-17-14-11-8-5-2)50-55(60)57-53(51-58)54(59)48-45-42-39-36-33-30-27-24-21-18-15-12-9-6-3/h29,32,35,38,52-54,58-59H,4-28,30-31,33-34,36-37,39-51H2,1-3H3,(H,57,60)/b32-29+,38-35+. The first-order valence-corrected chi connectivity index (χ1v) is 27.6. The first-order valence-electron chi connectivity index (χ1n) is 27.6. The number of aliphatic hydroxyl groups is 2. The van der Waals surface area contributed by atoms with Crippen molar-refractivity contribution in [3.8, 4) is 0 Å². The summed E-state index contributed by atoms with van der Waals surface area (Å²) in [5, 5.41) is 23.8. The Morgan fingerprint density at radius 2 is 0.823 bits per heavy atom. The van der Waals surface area contributed by atoms with Crippen molar-refractivity contribution in [1.29, 1.82) is 0 Å². The molecular weight excluding hydrogens is 767 g/mol. The normalized spacial score (nSPS) is 13.3. The van der Waals surface area contributed by atoms with Crippen LogP contribution < -0.4 is 5.32 Å². The lowest BCUT2D eigenvalue weighted by Crippen LogP contribution is -2.46. The lowest BCUT2D eigenvalue weighted by Gasteiger charge is -2.24. The van der Waals surface area contributed by atoms with Crippen LogP contribution in [0.25, 0.3) is 0 Å². The summed E-state index contributed by atoms with van der Waals surface area (Å²) in [6.07, 6.45) is 58.2. The summed E-state index contributed by atoms with van der Waals surface area (Å²) in [6.45, 7) is 6.49. The van der Waals surface area contributed by atoms with Crippen molar-refractivity contribution in [1.82, 2.24) is 5.32 Å². The molecule has 0 aromatic rings. The van der Waals surface area contributed by atoms with Crippen LogP contribution in [0, 0.1) is 0 Å². The Labute approximate surface area is 386 Å². The summed E-state index contributed by atoms with van der Waals surface area (Å²) in [4.78, 5) is 26.2. The lowest BCUT2D eigenvalue weighted by molar-refractivity contribution is -0.151. The minimum Gasteiger partial charge on any atom is -0.462 e. The minimum atomic E-state index is -0.795. The fourth-order valence-corrected chi connectivity index (χ4v) is 8.61. The summed E-state index contributed by atoms with van der Waals surface area (Å²) < 4.78 is 5.92. The lowest BCUT2D eigenvalue weighted by atomic mass is 10.0. The summed E-state index contributed by atoms with van der Waals surface area (Å²) in [5.41, 5.74) is 0. The van der Waals surface area contributed by atoms with Crippen LogP contribution in [0.4, 0.5) is 0 Å². The van der Waals surface area contributed by atoms with Crippen molar-refractivity contribution in [3.63, 3.8) is 0 Å². The smallest absolute Gasteiger partial charge is 0.306 e. The fourth-order valence-electron chi connectivity index (χ4n) is 8.61. The molecule has 0 spiro atoms. The van der Waals surface area contributed by atoms with E-state index in [9.17, 15) is 19.8 Å². The van der Waals surface area contributed by atoms with Gasteiger partial charge < -0.3 is 20.3 Å². The molecule has 0 fully saturated rings. The Hall–Kier alpha value is -1.66. The maximum atomic E-state index is 13.2. The van der Waals surface area contributed by atoms with Crippen LogP contribution in [0.1, 0.15) is 297 Å². The van der Waals surface area contributed by atoms with Crippen molar-refractivity contribution in [2.24, 2.45) is 0 Å². The van der Waals surface area contributed by atoms with Gasteiger partial charge in [-0.15, -0.1) is 0 Å². The molecule has 0 saturated carbocycles. The van der Waals surface area contributed by atoms with Gasteiger partial charge in [0.2, 0.25) is 5.91 Å². The predicted octanol–water partition coefficient (Wildman–Crippen LogP) is 16.7. The quantitative estimate of drug-likeness (QED) is 0.0321. The molecule has 1 amide bonds. The van der Waals surface area contributed by atoms with Gasteiger partial charge in [-0.2, -0.15) is 0 Å². The van der Waals surface area contributed by atoms with E-state index in [-0.39, 0.29) is 24.9 Å². The highest BCUT2D eigenvalue weighted by Crippen LogP contribution is 2.18. The van der Waals surface area contributed by atoms with E-state index in [0.29, 0.717) is 19.3 Å². The molecule has 0 heterocycles. The Balaban J connectivity index is 4.58. The van der Waals surface area contributed by atoms with Crippen molar-refractivity contribution < 1.29 is 24.5 Å². The van der Waals surface area contributed by atoms with E-state index in [1.165, 1.54) is 193 Å². The van der Waals surface area contributed by atoms with E-state index in [2.05, 4.69) is 50.4 Å². The number of nitrogens with one attached hydrogen (secondary N) is 1. The van der Waals surface area contributed by atoms with E-state index in [0.717, 1.165) is 57.8 Å². The topological polar surface area (TPSA) is 95.9 Å². The Morgan fingerprint density at radius 1 is 0.468 bits per heavy atom. The van der Waals surface area contributed by atoms with Gasteiger partial charge in [-0.1, -0.05) is 263 Å². The number of esters is 1. The Morgan fingerprint density at radius 3 is 1.23 bits per heavy atom. The van der Waals surface area contributed by atoms with Gasteiger partial charge in [-0.25, -0.2) is 0 Å². The van der Waals surface area contributed by atoms with Gasteiger partial charge in [-0.05, 0) is 44.9 Å². The average molecular weight is 874 g/mol. The molecule has 6 nitrogen and oxygen atoms in total. The third-order valence-electron chi connectivity index (χ3n) is 12.8. The monoisotopic (exact) mass is 874 g/mol. The molecule has 366 valence electrons. The van der Waals surface area contributed by atoms with Gasteiger partial charge in [0.05, 0.1) is 25.2 Å². The highest BCUT2D eigenvalue weighted by Gasteiger charge is 2.24. The van der Waals surface area contributed by atoms with Crippen LogP contribution in [0.5, 0.6) is 0 Å². The maximum absolute atomic E-state index is 13.2. The molecule has 0 rings (SSSR count). The molecule has 3 N–H and O–H groups in total. The molecule has 0 bridgehead atoms. The first kappa shape index (κ1) is 60.3. The van der Waals surface area contributed by atoms with Crippen LogP contribution >= 0.6 is 0 Å². The number of aliphatic hydroxyl groups excluding tert-OH is 2. The third-order valence-corrected chi connectivity index (χ3v) is 12.8. The molecule has 3 unspecified atom stereocenters. The zero-order chi connectivity index (χ0) is 45.2. The van der Waals surface area contributed by atoms with Gasteiger partial charge in [0, 0.05) is 6.42 Å². The van der Waals surface area contributed by atoms with Crippen LogP contribution in [0.15, 0.2) is 24.3 Å². The van der Waals surface area contributed by atoms with Gasteiger partial charge in [-0.3, -0.25) is 9.59 Å². The van der Waals surface area contributed by atoms with E-state index < -0.39 is 18.2 Å². The highest BCUT2D eigenvalue weighted by atomic mass is 16.5. The summed E-state index contributed by atoms with van der Waals surface area (Å²) in [5.74, 6) is -0.504. The number of carbonyl (C=O) groups is 2. The number of allylic oxidation sites excluding steroid dienone is 4. The van der Waals surface area contributed by atoms with Crippen LogP contribution in [-0.4, -0.2) is 46.9 Å². The zero-order valence-corrected chi connectivity index (χ0v) is 41.8. The van der Waals surface area contributed by atoms with E-state index in [4.69, 9.17) is 4.74 Å². The molecule has 0 aliphatic rings. The van der Waals surface area contributed by atoms with Gasteiger partial charge >= 0.3 is 5.97 Å². The summed E-state index contributed by atoms with van der Waals surface area (Å²) in [6, 6.07) is -0.711. The average Bonchev–Trinajstić information content (AvgIpc) is 3.26. The molecule has 3 atom stereocenters. The SMILES string of the molecule is CCCCCCCCC/C=C/C=C/CCCC(CC(=O)NC(CO)C(O)CCCCCCCCCCCCCCCC)OC(=O)CCCCCCCCCCCCCCCCC. The molecule has 0 saturated heterocycles. The van der Waals surface area contributed by atoms with Gasteiger partial charge in [0.25, 0.3) is 0 Å². The summed E-state index contributed by atoms with van der Waals surface area (Å²) >= 11 is 0. The second-order valence-corrected chi connectivity index (χ2v) is 19.0. The maximum Gasteiger partial charge on any atom is 0.306 e. The van der Waals surface area contributed by atoms with E-state index in [1.54, 1.807) is 0 Å². The molecule has 6 heteroatoms. The minimum absolute atomic E-state index is 0.0503. The van der Waals surface area contributed by atoms with Crippen molar-refractivity contribution >= 4 is 11.9 Å². The second-order valence-electron chi connectivity index (χ2n) is 19.0. The molecule has 0 aromatic heterocycles. The third kappa shape index (κ3) is 44.9. The number of carbonyl (C=O) groups excluding carboxylic acids is 2. The number of ether oxygens (including phenoxy) is 1. The van der Waals surface area contributed by atoms with Gasteiger partial charge in [0.1, 0.15) is 6.10 Å². The van der Waals surface area contributed by atoms with Crippen molar-refractivity contribution in [2.75, 3.05) is 6.61 Å². The number of amides is 1. The predicted molar refractivity (Wildman–Crippen MR) is 269 cm³/mol. The van der Waals surface area contributed by atoms with E-state index >= 15 is 0 Å². The van der Waals surface area contributed by atoms with E-state index in [1.807, 2.05) is 0 Å². The molecule has 0 aliphatic carbocycles. The molecule has 62 heavy (non-hydrogen) atoms. The number of unbranched alkanes of at least 4 members (excludes halogenated alkanes) is 35. The van der Waals surface area contributed by atoms with Crippen LogP contribution in [0.3, 0.4) is 0 Å². The zero-order valence-electron chi connectivity index (χ0n) is 41.8. The molecular formula is C56H107NO5. The van der Waals surface area contributed by atoms with Crippen LogP contribution in [-0.2, 0) is 14.3 Å². The first-order chi connectivity index (χ1) is 30.5.